The third kappa shape index (κ3) is 4.29. The summed E-state index contributed by atoms with van der Waals surface area (Å²) in [5.41, 5.74) is -0.627. The Morgan fingerprint density at radius 2 is 2.12 bits per heavy atom. The number of hydrogen-bond acceptors (Lipinski definition) is 5. The summed E-state index contributed by atoms with van der Waals surface area (Å²) in [5, 5.41) is 13.2. The fourth-order valence-corrected chi connectivity index (χ4v) is 5.02. The maximum absolute atomic E-state index is 13.5. The number of halogens is 3. The van der Waals surface area contributed by atoms with Crippen LogP contribution in [-0.2, 0) is 18.0 Å². The normalized spacial score (nSPS) is 22.8. The maximum Gasteiger partial charge on any atom is 0.417 e. The minimum absolute atomic E-state index is 0.0416. The second kappa shape index (κ2) is 8.71. The Kier molecular flexibility index (Phi) is 6.10. The van der Waals surface area contributed by atoms with E-state index in [0.717, 1.165) is 6.07 Å². The third-order valence-corrected chi connectivity index (χ3v) is 6.85. The van der Waals surface area contributed by atoms with Crippen molar-refractivity contribution in [2.75, 3.05) is 44.3 Å². The van der Waals surface area contributed by atoms with E-state index in [1.807, 2.05) is 16.7 Å². The van der Waals surface area contributed by atoms with Crippen molar-refractivity contribution in [1.29, 1.82) is 5.26 Å². The highest BCUT2D eigenvalue weighted by Gasteiger charge is 2.51. The summed E-state index contributed by atoms with van der Waals surface area (Å²) in [4.78, 5) is 16.9. The first-order valence-electron chi connectivity index (χ1n) is 10.9. The highest BCUT2D eigenvalue weighted by atomic mass is 19.4. The largest absolute Gasteiger partial charge is 0.417 e. The molecule has 0 radical (unpaired) electrons. The second-order valence-corrected chi connectivity index (χ2v) is 8.76. The number of hydrogen-bond donors (Lipinski definition) is 0. The van der Waals surface area contributed by atoms with E-state index in [2.05, 4.69) is 5.10 Å². The lowest BCUT2D eigenvalue weighted by molar-refractivity contribution is -0.137. The number of carbonyl (C=O) groups excluding carboxylic acids is 1. The number of anilines is 1. The van der Waals surface area contributed by atoms with Gasteiger partial charge in [0.25, 0.3) is 5.91 Å². The lowest BCUT2D eigenvalue weighted by atomic mass is 9.73. The van der Waals surface area contributed by atoms with Crippen molar-refractivity contribution in [3.63, 3.8) is 0 Å². The molecule has 2 fully saturated rings. The molecule has 3 heterocycles. The van der Waals surface area contributed by atoms with E-state index in [-0.39, 0.29) is 22.8 Å². The molecule has 10 heteroatoms. The van der Waals surface area contributed by atoms with Crippen LogP contribution in [0, 0.1) is 22.7 Å². The summed E-state index contributed by atoms with van der Waals surface area (Å²) >= 11 is 0. The van der Waals surface area contributed by atoms with E-state index in [1.54, 1.807) is 36.1 Å². The standard InChI is InChI=1S/C23H26F3N5O2/c1-3-33-15-22-7-9-30(18-5-4-16(11-27)19(10-18)23(24,25)26)12-17(22)13-31(14-22)21(32)20-6-8-28-29(20)2/h4-6,8,10,17H,3,7,9,12-15H2,1-2H3/t17-,22+/m1/s1. The SMILES string of the molecule is CCOC[C@@]12CCN(c3ccc(C#N)c(C(F)(F)F)c3)C[C@@H]1CN(C(=O)c1ccnn1C)C2. The lowest BCUT2D eigenvalue weighted by Gasteiger charge is -2.44. The van der Waals surface area contributed by atoms with Gasteiger partial charge in [-0.25, -0.2) is 0 Å². The molecule has 0 saturated carbocycles. The number of carbonyl (C=O) groups is 1. The maximum atomic E-state index is 13.5. The van der Waals surface area contributed by atoms with Crippen molar-refractivity contribution in [2.24, 2.45) is 18.4 Å². The fraction of sp³-hybridized carbons (Fsp3) is 0.522. The number of nitriles is 1. The van der Waals surface area contributed by atoms with Gasteiger partial charge in [0, 0.05) is 63.1 Å². The summed E-state index contributed by atoms with van der Waals surface area (Å²) in [6, 6.07) is 7.16. The monoisotopic (exact) mass is 461 g/mol. The first kappa shape index (κ1) is 23.1. The molecule has 2 aliphatic rings. The van der Waals surface area contributed by atoms with Gasteiger partial charge in [0.05, 0.1) is 23.8 Å². The molecule has 0 aliphatic carbocycles. The van der Waals surface area contributed by atoms with Crippen molar-refractivity contribution in [1.82, 2.24) is 14.7 Å². The number of fused-ring (bicyclic) bond motifs is 1. The quantitative estimate of drug-likeness (QED) is 0.683. The van der Waals surface area contributed by atoms with Gasteiger partial charge < -0.3 is 14.5 Å². The molecule has 2 aliphatic heterocycles. The Labute approximate surface area is 190 Å². The molecule has 0 unspecified atom stereocenters. The zero-order valence-corrected chi connectivity index (χ0v) is 18.6. The molecule has 0 bridgehead atoms. The van der Waals surface area contributed by atoms with Crippen LogP contribution in [0.5, 0.6) is 0 Å². The van der Waals surface area contributed by atoms with Crippen LogP contribution in [0.4, 0.5) is 18.9 Å². The van der Waals surface area contributed by atoms with Crippen molar-refractivity contribution >= 4 is 11.6 Å². The summed E-state index contributed by atoms with van der Waals surface area (Å²) in [5.74, 6) is -0.0653. The van der Waals surface area contributed by atoms with Gasteiger partial charge in [-0.1, -0.05) is 0 Å². The lowest BCUT2D eigenvalue weighted by Crippen LogP contribution is -2.49. The first-order chi connectivity index (χ1) is 15.7. The number of nitrogens with zero attached hydrogens (tertiary/aromatic N) is 5. The molecule has 0 spiro atoms. The summed E-state index contributed by atoms with van der Waals surface area (Å²) in [7, 11) is 1.72. The predicted molar refractivity (Wildman–Crippen MR) is 115 cm³/mol. The van der Waals surface area contributed by atoms with Crippen LogP contribution in [-0.4, -0.2) is 60.0 Å². The average Bonchev–Trinajstić information content (AvgIpc) is 3.39. The van der Waals surface area contributed by atoms with Gasteiger partial charge in [-0.3, -0.25) is 9.48 Å². The van der Waals surface area contributed by atoms with Gasteiger partial charge in [0.15, 0.2) is 0 Å². The molecular weight excluding hydrogens is 435 g/mol. The Balaban J connectivity index is 1.59. The van der Waals surface area contributed by atoms with Crippen LogP contribution in [0.2, 0.25) is 0 Å². The van der Waals surface area contributed by atoms with E-state index in [1.165, 1.54) is 6.07 Å². The van der Waals surface area contributed by atoms with Crippen molar-refractivity contribution in [3.05, 3.63) is 47.3 Å². The molecule has 2 aromatic rings. The number of rotatable bonds is 5. The smallest absolute Gasteiger partial charge is 0.381 e. The molecule has 4 rings (SSSR count). The third-order valence-electron chi connectivity index (χ3n) is 6.85. The van der Waals surface area contributed by atoms with Gasteiger partial charge in [0.1, 0.15) is 5.69 Å². The topological polar surface area (TPSA) is 74.4 Å². The highest BCUT2D eigenvalue weighted by Crippen LogP contribution is 2.45. The summed E-state index contributed by atoms with van der Waals surface area (Å²) in [6.45, 7) is 5.05. The van der Waals surface area contributed by atoms with Crippen LogP contribution < -0.4 is 4.90 Å². The fourth-order valence-electron chi connectivity index (χ4n) is 5.02. The average molecular weight is 461 g/mol. The number of likely N-dealkylation sites (tertiary alicyclic amines) is 1. The van der Waals surface area contributed by atoms with E-state index in [4.69, 9.17) is 10.00 Å². The summed E-state index contributed by atoms with van der Waals surface area (Å²) in [6.07, 6.45) is -2.33. The van der Waals surface area contributed by atoms with Crippen molar-refractivity contribution in [3.8, 4) is 6.07 Å². The number of alkyl halides is 3. The molecule has 33 heavy (non-hydrogen) atoms. The molecule has 1 aromatic heterocycles. The molecule has 176 valence electrons. The van der Waals surface area contributed by atoms with Gasteiger partial charge >= 0.3 is 6.18 Å². The van der Waals surface area contributed by atoms with Crippen molar-refractivity contribution < 1.29 is 22.7 Å². The highest BCUT2D eigenvalue weighted by molar-refractivity contribution is 5.92. The Bertz CT molecular complexity index is 1080. The van der Waals surface area contributed by atoms with Gasteiger partial charge in [-0.05, 0) is 37.6 Å². The molecule has 1 aromatic carbocycles. The van der Waals surface area contributed by atoms with E-state index in [9.17, 15) is 18.0 Å². The Morgan fingerprint density at radius 3 is 2.76 bits per heavy atom. The zero-order valence-electron chi connectivity index (χ0n) is 18.6. The first-order valence-corrected chi connectivity index (χ1v) is 10.9. The number of aryl methyl sites for hydroxylation is 1. The van der Waals surface area contributed by atoms with E-state index < -0.39 is 11.7 Å². The number of amides is 1. The van der Waals surface area contributed by atoms with Gasteiger partial charge in [-0.15, -0.1) is 0 Å². The van der Waals surface area contributed by atoms with Crippen LogP contribution in [0.25, 0.3) is 0 Å². The number of piperidine rings is 1. The molecule has 1 amide bonds. The minimum atomic E-state index is -4.60. The molecular formula is C23H26F3N5O2. The van der Waals surface area contributed by atoms with E-state index in [0.29, 0.717) is 57.2 Å². The van der Waals surface area contributed by atoms with Crippen LogP contribution in [0.1, 0.15) is 35.0 Å². The summed E-state index contributed by atoms with van der Waals surface area (Å²) < 4.78 is 47.7. The van der Waals surface area contributed by atoms with E-state index >= 15 is 0 Å². The number of ether oxygens (including phenoxy) is 1. The molecule has 7 nitrogen and oxygen atoms in total. The predicted octanol–water partition coefficient (Wildman–Crippen LogP) is 3.32. The molecule has 2 atom stereocenters. The zero-order chi connectivity index (χ0) is 23.8. The Hall–Kier alpha value is -3.06. The van der Waals surface area contributed by atoms with Crippen molar-refractivity contribution in [2.45, 2.75) is 19.5 Å². The van der Waals surface area contributed by atoms with Crippen LogP contribution >= 0.6 is 0 Å². The number of aromatic nitrogens is 2. The second-order valence-electron chi connectivity index (χ2n) is 8.76. The minimum Gasteiger partial charge on any atom is -0.381 e. The Morgan fingerprint density at radius 1 is 1.33 bits per heavy atom. The molecule has 0 N–H and O–H groups in total. The van der Waals surface area contributed by atoms with Crippen LogP contribution in [0.15, 0.2) is 30.5 Å². The van der Waals surface area contributed by atoms with Crippen LogP contribution in [0.3, 0.4) is 0 Å². The van der Waals surface area contributed by atoms with Gasteiger partial charge in [0.2, 0.25) is 0 Å². The molecule has 2 saturated heterocycles. The number of benzene rings is 1. The van der Waals surface area contributed by atoms with Gasteiger partial charge in [-0.2, -0.15) is 23.5 Å².